The van der Waals surface area contributed by atoms with Crippen LogP contribution in [0.2, 0.25) is 0 Å². The number of hydrogen-bond donors (Lipinski definition) is 2. The molecule has 0 aliphatic rings. The Balaban J connectivity index is 2.63. The first-order chi connectivity index (χ1) is 9.32. The van der Waals surface area contributed by atoms with Crippen molar-refractivity contribution in [1.82, 2.24) is 0 Å². The van der Waals surface area contributed by atoms with Gasteiger partial charge in [-0.05, 0) is 25.8 Å². The van der Waals surface area contributed by atoms with Crippen LogP contribution in [0.25, 0.3) is 0 Å². The van der Waals surface area contributed by atoms with E-state index in [4.69, 9.17) is 15.2 Å². The van der Waals surface area contributed by atoms with Gasteiger partial charge >= 0.3 is 5.97 Å². The van der Waals surface area contributed by atoms with E-state index in [1.165, 1.54) is 0 Å². The molecule has 0 amide bonds. The lowest BCUT2D eigenvalue weighted by Gasteiger charge is -2.27. The summed E-state index contributed by atoms with van der Waals surface area (Å²) in [5.41, 5.74) is 4.69. The number of aliphatic carboxylic acids is 1. The van der Waals surface area contributed by atoms with E-state index in [-0.39, 0.29) is 12.2 Å². The van der Waals surface area contributed by atoms with E-state index in [9.17, 15) is 9.90 Å². The number of carbonyl (C=O) groups is 1. The molecule has 3 N–H and O–H groups in total. The zero-order valence-electron chi connectivity index (χ0n) is 12.3. The van der Waals surface area contributed by atoms with E-state index in [1.54, 1.807) is 31.4 Å². The summed E-state index contributed by atoms with van der Waals surface area (Å²) in [7, 11) is 1.63. The van der Waals surface area contributed by atoms with Gasteiger partial charge in [-0.3, -0.25) is 0 Å². The van der Waals surface area contributed by atoms with Gasteiger partial charge in [0.1, 0.15) is 0 Å². The molecule has 1 atom stereocenters. The molecule has 0 bridgehead atoms. The number of ether oxygens (including phenoxy) is 2. The van der Waals surface area contributed by atoms with Crippen LogP contribution < -0.4 is 5.73 Å². The number of carboxylic acids is 1. The summed E-state index contributed by atoms with van der Waals surface area (Å²) in [6.07, 6.45) is 0.661. The first kappa shape index (κ1) is 16.6. The normalized spacial score (nSPS) is 14.8. The Labute approximate surface area is 119 Å². The van der Waals surface area contributed by atoms with Gasteiger partial charge in [-0.2, -0.15) is 0 Å². The lowest BCUT2D eigenvalue weighted by atomic mass is 9.92. The van der Waals surface area contributed by atoms with Crippen molar-refractivity contribution in [2.45, 2.75) is 31.4 Å². The summed E-state index contributed by atoms with van der Waals surface area (Å²) in [5.74, 6) is -1.10. The molecule has 1 rings (SSSR count). The monoisotopic (exact) mass is 281 g/mol. The summed E-state index contributed by atoms with van der Waals surface area (Å²) in [4.78, 5) is 11.4. The van der Waals surface area contributed by atoms with Crippen LogP contribution in [0, 0.1) is 0 Å². The highest BCUT2D eigenvalue weighted by Gasteiger charge is 2.36. The quantitative estimate of drug-likeness (QED) is 0.709. The first-order valence-corrected chi connectivity index (χ1v) is 6.52. The number of carboxylic acid groups (broad SMARTS) is 1. The SMILES string of the molecule is COC(C)(C)CCOCC(N)(C(=O)O)c1ccccc1. The van der Waals surface area contributed by atoms with Crippen molar-refractivity contribution in [3.63, 3.8) is 0 Å². The molecule has 0 heterocycles. The number of hydrogen-bond acceptors (Lipinski definition) is 4. The molecule has 0 aliphatic carbocycles. The second kappa shape index (κ2) is 6.83. The second-order valence-corrected chi connectivity index (χ2v) is 5.41. The van der Waals surface area contributed by atoms with Crippen molar-refractivity contribution in [1.29, 1.82) is 0 Å². The van der Waals surface area contributed by atoms with Crippen molar-refractivity contribution >= 4 is 5.97 Å². The Kier molecular flexibility index (Phi) is 5.68. The minimum Gasteiger partial charge on any atom is -0.480 e. The third-order valence-corrected chi connectivity index (χ3v) is 3.40. The van der Waals surface area contributed by atoms with E-state index in [1.807, 2.05) is 19.9 Å². The molecule has 0 radical (unpaired) electrons. The van der Waals surface area contributed by atoms with Gasteiger partial charge in [0.2, 0.25) is 0 Å². The van der Waals surface area contributed by atoms with Crippen LogP contribution >= 0.6 is 0 Å². The van der Waals surface area contributed by atoms with Crippen molar-refractivity contribution in [2.75, 3.05) is 20.3 Å². The van der Waals surface area contributed by atoms with Crippen LogP contribution in [-0.4, -0.2) is 37.0 Å². The Hall–Kier alpha value is -1.43. The van der Waals surface area contributed by atoms with Gasteiger partial charge < -0.3 is 20.3 Å². The molecule has 5 heteroatoms. The van der Waals surface area contributed by atoms with Crippen molar-refractivity contribution in [2.24, 2.45) is 5.73 Å². The highest BCUT2D eigenvalue weighted by atomic mass is 16.5. The fraction of sp³-hybridized carbons (Fsp3) is 0.533. The predicted octanol–water partition coefficient (Wildman–Crippen LogP) is 1.76. The highest BCUT2D eigenvalue weighted by molar-refractivity contribution is 5.80. The molecule has 0 saturated carbocycles. The third kappa shape index (κ3) is 4.30. The minimum absolute atomic E-state index is 0.0772. The Morgan fingerprint density at radius 2 is 1.90 bits per heavy atom. The van der Waals surface area contributed by atoms with E-state index >= 15 is 0 Å². The van der Waals surface area contributed by atoms with Crippen LogP contribution in [0.15, 0.2) is 30.3 Å². The van der Waals surface area contributed by atoms with Gasteiger partial charge in [0.25, 0.3) is 0 Å². The van der Waals surface area contributed by atoms with Gasteiger partial charge in [-0.25, -0.2) is 4.79 Å². The first-order valence-electron chi connectivity index (χ1n) is 6.52. The summed E-state index contributed by atoms with van der Waals surface area (Å²) < 4.78 is 10.7. The van der Waals surface area contributed by atoms with Gasteiger partial charge in [-0.1, -0.05) is 30.3 Å². The average molecular weight is 281 g/mol. The lowest BCUT2D eigenvalue weighted by Crippen LogP contribution is -2.49. The van der Waals surface area contributed by atoms with Gasteiger partial charge in [-0.15, -0.1) is 0 Å². The number of nitrogens with two attached hydrogens (primary N) is 1. The Morgan fingerprint density at radius 1 is 1.30 bits per heavy atom. The van der Waals surface area contributed by atoms with Crippen molar-refractivity contribution in [3.05, 3.63) is 35.9 Å². The summed E-state index contributed by atoms with van der Waals surface area (Å²) in [6.45, 7) is 4.20. The largest absolute Gasteiger partial charge is 0.480 e. The van der Waals surface area contributed by atoms with E-state index in [0.717, 1.165) is 0 Å². The maximum atomic E-state index is 11.4. The van der Waals surface area contributed by atoms with E-state index in [2.05, 4.69) is 0 Å². The molecule has 0 aliphatic heterocycles. The highest BCUT2D eigenvalue weighted by Crippen LogP contribution is 2.20. The molecule has 1 aromatic rings. The van der Waals surface area contributed by atoms with Crippen LogP contribution in [-0.2, 0) is 19.8 Å². The zero-order chi connectivity index (χ0) is 15.2. The van der Waals surface area contributed by atoms with Crippen molar-refractivity contribution < 1.29 is 19.4 Å². The molecule has 5 nitrogen and oxygen atoms in total. The van der Waals surface area contributed by atoms with E-state index < -0.39 is 11.5 Å². The molecule has 0 spiro atoms. The fourth-order valence-electron chi connectivity index (χ4n) is 1.66. The molecule has 1 aromatic carbocycles. The molecule has 1 unspecified atom stereocenters. The summed E-state index contributed by atoms with van der Waals surface area (Å²) >= 11 is 0. The second-order valence-electron chi connectivity index (χ2n) is 5.41. The van der Waals surface area contributed by atoms with Crippen molar-refractivity contribution in [3.8, 4) is 0 Å². The smallest absolute Gasteiger partial charge is 0.330 e. The van der Waals surface area contributed by atoms with Gasteiger partial charge in [0, 0.05) is 13.7 Å². The van der Waals surface area contributed by atoms with Gasteiger partial charge in [0.05, 0.1) is 12.2 Å². The van der Waals surface area contributed by atoms with Crippen LogP contribution in [0.4, 0.5) is 0 Å². The predicted molar refractivity (Wildman–Crippen MR) is 76.5 cm³/mol. The van der Waals surface area contributed by atoms with Crippen LogP contribution in [0.1, 0.15) is 25.8 Å². The molecular weight excluding hydrogens is 258 g/mol. The Morgan fingerprint density at radius 3 is 2.40 bits per heavy atom. The molecule has 20 heavy (non-hydrogen) atoms. The maximum Gasteiger partial charge on any atom is 0.330 e. The molecule has 112 valence electrons. The molecular formula is C15H23NO4. The molecule has 0 saturated heterocycles. The number of benzene rings is 1. The third-order valence-electron chi connectivity index (χ3n) is 3.40. The lowest BCUT2D eigenvalue weighted by molar-refractivity contribution is -0.146. The molecule has 0 aromatic heterocycles. The standard InChI is InChI=1S/C15H23NO4/c1-14(2,19-3)9-10-20-11-15(16,13(17)18)12-7-5-4-6-8-12/h4-8H,9-11,16H2,1-3H3,(H,17,18). The average Bonchev–Trinajstić information content (AvgIpc) is 2.44. The van der Waals surface area contributed by atoms with Crippen LogP contribution in [0.3, 0.4) is 0 Å². The summed E-state index contributed by atoms with van der Waals surface area (Å²) in [6, 6.07) is 8.71. The summed E-state index contributed by atoms with van der Waals surface area (Å²) in [5, 5.41) is 9.36. The number of rotatable bonds is 8. The van der Waals surface area contributed by atoms with Crippen LogP contribution in [0.5, 0.6) is 0 Å². The minimum atomic E-state index is -1.53. The maximum absolute atomic E-state index is 11.4. The zero-order valence-corrected chi connectivity index (χ0v) is 12.3. The molecule has 0 fully saturated rings. The Bertz CT molecular complexity index is 433. The van der Waals surface area contributed by atoms with Gasteiger partial charge in [0.15, 0.2) is 5.54 Å². The van der Waals surface area contributed by atoms with E-state index in [0.29, 0.717) is 18.6 Å². The fourth-order valence-corrected chi connectivity index (χ4v) is 1.66. The number of methoxy groups -OCH3 is 1. The topological polar surface area (TPSA) is 81.8 Å².